The minimum Gasteiger partial charge on any atom is -0.493 e. The van der Waals surface area contributed by atoms with Crippen LogP contribution in [0.4, 0.5) is 5.69 Å². The van der Waals surface area contributed by atoms with Crippen molar-refractivity contribution in [3.8, 4) is 17.6 Å². The molecular formula is C19H18N2O3. The zero-order chi connectivity index (χ0) is 17.4. The van der Waals surface area contributed by atoms with E-state index in [1.165, 1.54) is 13.2 Å². The first kappa shape index (κ1) is 17.1. The van der Waals surface area contributed by atoms with E-state index in [4.69, 9.17) is 14.7 Å². The number of carbonyl (C=O) groups is 1. The monoisotopic (exact) mass is 322 g/mol. The van der Waals surface area contributed by atoms with Gasteiger partial charge in [0.25, 0.3) is 0 Å². The maximum Gasteiger partial charge on any atom is 0.248 e. The summed E-state index contributed by atoms with van der Waals surface area (Å²) >= 11 is 0. The lowest BCUT2D eigenvalue weighted by Gasteiger charge is -2.08. The summed E-state index contributed by atoms with van der Waals surface area (Å²) < 4.78 is 10.5. The molecule has 24 heavy (non-hydrogen) atoms. The molecule has 1 N–H and O–H groups in total. The van der Waals surface area contributed by atoms with Crippen molar-refractivity contribution in [1.29, 1.82) is 5.26 Å². The zero-order valence-electron chi connectivity index (χ0n) is 13.6. The molecule has 0 spiro atoms. The largest absolute Gasteiger partial charge is 0.493 e. The lowest BCUT2D eigenvalue weighted by atomic mass is 10.2. The van der Waals surface area contributed by atoms with Crippen LogP contribution in [0.2, 0.25) is 0 Å². The lowest BCUT2D eigenvalue weighted by molar-refractivity contribution is -0.111. The van der Waals surface area contributed by atoms with Crippen LogP contribution in [-0.4, -0.2) is 19.6 Å². The van der Waals surface area contributed by atoms with Crippen molar-refractivity contribution >= 4 is 17.7 Å². The maximum atomic E-state index is 12.0. The standard InChI is InChI=1S/C19H18N2O3/c1-14-4-3-5-16(12-14)21-19(22)9-7-15-6-8-17(24-11-10-20)18(13-15)23-2/h3-9,12-13H,11H2,1-2H3,(H,21,22)/b9-7+. The van der Waals surface area contributed by atoms with Crippen molar-refractivity contribution in [3.05, 3.63) is 59.7 Å². The third-order valence-corrected chi connectivity index (χ3v) is 3.19. The number of amides is 1. The number of rotatable bonds is 6. The number of nitrogens with zero attached hydrogens (tertiary/aromatic N) is 1. The molecule has 1 amide bonds. The van der Waals surface area contributed by atoms with E-state index in [1.807, 2.05) is 37.3 Å². The van der Waals surface area contributed by atoms with Gasteiger partial charge in [0.05, 0.1) is 7.11 Å². The van der Waals surface area contributed by atoms with E-state index in [0.29, 0.717) is 11.5 Å². The zero-order valence-corrected chi connectivity index (χ0v) is 13.6. The molecule has 122 valence electrons. The second-order valence-corrected chi connectivity index (χ2v) is 5.05. The number of carbonyl (C=O) groups excluding carboxylic acids is 1. The first-order valence-electron chi connectivity index (χ1n) is 7.36. The van der Waals surface area contributed by atoms with Crippen LogP contribution in [0, 0.1) is 18.3 Å². The highest BCUT2D eigenvalue weighted by Gasteiger charge is 2.05. The summed E-state index contributed by atoms with van der Waals surface area (Å²) in [5, 5.41) is 11.4. The van der Waals surface area contributed by atoms with E-state index in [-0.39, 0.29) is 12.5 Å². The van der Waals surface area contributed by atoms with Gasteiger partial charge >= 0.3 is 0 Å². The van der Waals surface area contributed by atoms with Gasteiger partial charge in [0.1, 0.15) is 6.07 Å². The van der Waals surface area contributed by atoms with Crippen LogP contribution in [0.5, 0.6) is 11.5 Å². The number of benzene rings is 2. The van der Waals surface area contributed by atoms with E-state index in [1.54, 1.807) is 24.3 Å². The Balaban J connectivity index is 2.05. The molecule has 2 aromatic rings. The molecule has 0 unspecified atom stereocenters. The lowest BCUT2D eigenvalue weighted by Crippen LogP contribution is -2.07. The highest BCUT2D eigenvalue weighted by Crippen LogP contribution is 2.28. The van der Waals surface area contributed by atoms with E-state index in [9.17, 15) is 4.79 Å². The van der Waals surface area contributed by atoms with Crippen molar-refractivity contribution < 1.29 is 14.3 Å². The molecule has 0 aliphatic rings. The Labute approximate surface area is 141 Å². The van der Waals surface area contributed by atoms with E-state index in [2.05, 4.69) is 5.32 Å². The van der Waals surface area contributed by atoms with Crippen LogP contribution in [0.1, 0.15) is 11.1 Å². The quantitative estimate of drug-likeness (QED) is 0.826. The molecule has 0 aliphatic heterocycles. The number of ether oxygens (including phenoxy) is 2. The van der Waals surface area contributed by atoms with Crippen LogP contribution in [-0.2, 0) is 4.79 Å². The summed E-state index contributed by atoms with van der Waals surface area (Å²) in [5.41, 5.74) is 2.62. The van der Waals surface area contributed by atoms with Crippen molar-refractivity contribution in [1.82, 2.24) is 0 Å². The van der Waals surface area contributed by atoms with E-state index < -0.39 is 0 Å². The van der Waals surface area contributed by atoms with E-state index >= 15 is 0 Å². The summed E-state index contributed by atoms with van der Waals surface area (Å²) in [6.07, 6.45) is 3.13. The Morgan fingerprint density at radius 1 is 1.25 bits per heavy atom. The second-order valence-electron chi connectivity index (χ2n) is 5.05. The molecule has 5 nitrogen and oxygen atoms in total. The van der Waals surface area contributed by atoms with Crippen LogP contribution in [0.15, 0.2) is 48.5 Å². The van der Waals surface area contributed by atoms with Crippen molar-refractivity contribution in [2.75, 3.05) is 19.0 Å². The Hall–Kier alpha value is -3.26. The summed E-state index contributed by atoms with van der Waals surface area (Å²) in [6.45, 7) is 1.91. The van der Waals surface area contributed by atoms with Crippen molar-refractivity contribution in [2.45, 2.75) is 6.92 Å². The first-order chi connectivity index (χ1) is 11.6. The summed E-state index contributed by atoms with van der Waals surface area (Å²) in [4.78, 5) is 12.0. The molecule has 2 aromatic carbocycles. The van der Waals surface area contributed by atoms with Gasteiger partial charge in [-0.05, 0) is 48.4 Å². The predicted molar refractivity (Wildman–Crippen MR) is 92.9 cm³/mol. The summed E-state index contributed by atoms with van der Waals surface area (Å²) in [6, 6.07) is 14.7. The molecule has 0 fully saturated rings. The van der Waals surface area contributed by atoms with Gasteiger partial charge in [-0.2, -0.15) is 5.26 Å². The molecule has 0 heterocycles. The van der Waals surface area contributed by atoms with Crippen molar-refractivity contribution in [2.24, 2.45) is 0 Å². The summed E-state index contributed by atoms with van der Waals surface area (Å²) in [5.74, 6) is 0.774. The SMILES string of the molecule is COc1cc(/C=C/C(=O)Nc2cccc(C)c2)ccc1OCC#N. The number of nitrogens with one attached hydrogen (secondary N) is 1. The Morgan fingerprint density at radius 3 is 2.79 bits per heavy atom. The minimum absolute atomic E-state index is 0.0511. The molecule has 2 rings (SSSR count). The van der Waals surface area contributed by atoms with Crippen LogP contribution in [0.3, 0.4) is 0 Å². The fourth-order valence-corrected chi connectivity index (χ4v) is 2.10. The number of hydrogen-bond donors (Lipinski definition) is 1. The van der Waals surface area contributed by atoms with Gasteiger partial charge in [-0.3, -0.25) is 4.79 Å². The Kier molecular flexibility index (Phi) is 5.98. The highest BCUT2D eigenvalue weighted by atomic mass is 16.5. The number of aryl methyl sites for hydroxylation is 1. The molecular weight excluding hydrogens is 304 g/mol. The first-order valence-corrected chi connectivity index (χ1v) is 7.36. The van der Waals surface area contributed by atoms with Crippen LogP contribution in [0.25, 0.3) is 6.08 Å². The fraction of sp³-hybridized carbons (Fsp3) is 0.158. The molecule has 5 heteroatoms. The molecule has 0 saturated carbocycles. The predicted octanol–water partition coefficient (Wildman–Crippen LogP) is 3.56. The third kappa shape index (κ3) is 4.89. The highest BCUT2D eigenvalue weighted by molar-refractivity contribution is 6.02. The molecule has 0 bridgehead atoms. The maximum absolute atomic E-state index is 12.0. The van der Waals surface area contributed by atoms with Crippen LogP contribution < -0.4 is 14.8 Å². The molecule has 0 atom stereocenters. The van der Waals surface area contributed by atoms with E-state index in [0.717, 1.165) is 16.8 Å². The summed E-state index contributed by atoms with van der Waals surface area (Å²) in [7, 11) is 1.52. The number of anilines is 1. The molecule has 0 radical (unpaired) electrons. The molecule has 0 aromatic heterocycles. The number of nitriles is 1. The van der Waals surface area contributed by atoms with Gasteiger partial charge < -0.3 is 14.8 Å². The van der Waals surface area contributed by atoms with Gasteiger partial charge in [-0.15, -0.1) is 0 Å². The van der Waals surface area contributed by atoms with Gasteiger partial charge in [-0.1, -0.05) is 18.2 Å². The molecule has 0 saturated heterocycles. The average Bonchev–Trinajstić information content (AvgIpc) is 2.58. The van der Waals surface area contributed by atoms with Gasteiger partial charge in [-0.25, -0.2) is 0 Å². The fourth-order valence-electron chi connectivity index (χ4n) is 2.10. The van der Waals surface area contributed by atoms with Gasteiger partial charge in [0, 0.05) is 11.8 Å². The Bertz CT molecular complexity index is 791. The number of hydrogen-bond acceptors (Lipinski definition) is 4. The van der Waals surface area contributed by atoms with Gasteiger partial charge in [0.15, 0.2) is 18.1 Å². The Morgan fingerprint density at radius 2 is 2.08 bits per heavy atom. The number of methoxy groups -OCH3 is 1. The third-order valence-electron chi connectivity index (χ3n) is 3.19. The second kappa shape index (κ2) is 8.39. The molecule has 0 aliphatic carbocycles. The average molecular weight is 322 g/mol. The van der Waals surface area contributed by atoms with Crippen molar-refractivity contribution in [3.63, 3.8) is 0 Å². The topological polar surface area (TPSA) is 71.3 Å². The van der Waals surface area contributed by atoms with Gasteiger partial charge in [0.2, 0.25) is 5.91 Å². The van der Waals surface area contributed by atoms with Crippen LogP contribution >= 0.6 is 0 Å². The normalized spacial score (nSPS) is 10.2. The minimum atomic E-state index is -0.218. The smallest absolute Gasteiger partial charge is 0.248 e.